The van der Waals surface area contributed by atoms with Gasteiger partial charge in [0.1, 0.15) is 13.2 Å². The molecule has 0 aromatic rings. The lowest BCUT2D eigenvalue weighted by Crippen LogP contribution is -2.30. The van der Waals surface area contributed by atoms with Crippen LogP contribution in [0.5, 0.6) is 0 Å². The topological polar surface area (TPSA) is 78.9 Å². The molecule has 0 aliphatic carbocycles. The number of carbonyl (C=O) groups is 3. The quantitative estimate of drug-likeness (QED) is 0.0261. The minimum atomic E-state index is -0.795. The summed E-state index contributed by atoms with van der Waals surface area (Å²) in [5.74, 6) is -0.912. The highest BCUT2D eigenvalue weighted by Crippen LogP contribution is 2.16. The summed E-state index contributed by atoms with van der Waals surface area (Å²) < 4.78 is 16.9. The maximum Gasteiger partial charge on any atom is 0.306 e. The first-order chi connectivity index (χ1) is 39.5. The molecular weight excluding hydrogens is 985 g/mol. The molecule has 0 bridgehead atoms. The maximum atomic E-state index is 12.9. The highest BCUT2D eigenvalue weighted by atomic mass is 16.6. The van der Waals surface area contributed by atoms with E-state index in [0.717, 1.165) is 116 Å². The first-order valence-corrected chi connectivity index (χ1v) is 33.9. The van der Waals surface area contributed by atoms with Crippen LogP contribution in [0.25, 0.3) is 0 Å². The predicted octanol–water partition coefficient (Wildman–Crippen LogP) is 23.4. The Labute approximate surface area is 495 Å². The largest absolute Gasteiger partial charge is 0.462 e. The van der Waals surface area contributed by atoms with E-state index in [0.29, 0.717) is 19.3 Å². The van der Waals surface area contributed by atoms with Crippen LogP contribution in [0.4, 0.5) is 0 Å². The summed E-state index contributed by atoms with van der Waals surface area (Å²) >= 11 is 0. The summed E-state index contributed by atoms with van der Waals surface area (Å²) in [6, 6.07) is 0. The van der Waals surface area contributed by atoms with E-state index in [4.69, 9.17) is 14.2 Å². The molecule has 0 saturated heterocycles. The number of allylic oxidation sites excluding steroid dienone is 18. The first-order valence-electron chi connectivity index (χ1n) is 33.9. The molecule has 6 heteroatoms. The van der Waals surface area contributed by atoms with Crippen LogP contribution in [0.2, 0.25) is 0 Å². The van der Waals surface area contributed by atoms with Crippen molar-refractivity contribution in [2.75, 3.05) is 13.2 Å². The molecule has 0 N–H and O–H groups in total. The molecule has 1 unspecified atom stereocenters. The lowest BCUT2D eigenvalue weighted by Gasteiger charge is -2.18. The first kappa shape index (κ1) is 76.1. The van der Waals surface area contributed by atoms with Gasteiger partial charge in [-0.15, -0.1) is 0 Å². The molecule has 0 rings (SSSR count). The third-order valence-electron chi connectivity index (χ3n) is 14.5. The molecule has 0 aromatic carbocycles. The van der Waals surface area contributed by atoms with Gasteiger partial charge in [0.15, 0.2) is 6.10 Å². The van der Waals surface area contributed by atoms with E-state index in [2.05, 4.69) is 130 Å². The van der Waals surface area contributed by atoms with E-state index in [1.165, 1.54) is 167 Å². The van der Waals surface area contributed by atoms with Crippen molar-refractivity contribution in [2.45, 2.75) is 329 Å². The van der Waals surface area contributed by atoms with Gasteiger partial charge in [-0.2, -0.15) is 0 Å². The number of esters is 3. The van der Waals surface area contributed by atoms with Gasteiger partial charge in [0.05, 0.1) is 0 Å². The van der Waals surface area contributed by atoms with Crippen LogP contribution >= 0.6 is 0 Å². The van der Waals surface area contributed by atoms with Gasteiger partial charge < -0.3 is 14.2 Å². The Bertz CT molecular complexity index is 1610. The molecule has 1 atom stereocenters. The zero-order valence-corrected chi connectivity index (χ0v) is 52.6. The fourth-order valence-electron chi connectivity index (χ4n) is 9.45. The van der Waals surface area contributed by atoms with Crippen LogP contribution < -0.4 is 0 Å². The number of rotatable bonds is 61. The molecule has 458 valence electrons. The van der Waals surface area contributed by atoms with E-state index < -0.39 is 6.10 Å². The summed E-state index contributed by atoms with van der Waals surface area (Å²) in [5, 5.41) is 0. The number of hydrogen-bond acceptors (Lipinski definition) is 6. The minimum absolute atomic E-state index is 0.0877. The molecule has 0 radical (unpaired) electrons. The third kappa shape index (κ3) is 64.9. The van der Waals surface area contributed by atoms with E-state index in [9.17, 15) is 14.4 Å². The van der Waals surface area contributed by atoms with Gasteiger partial charge in [-0.1, -0.05) is 304 Å². The molecule has 0 aliphatic rings. The van der Waals surface area contributed by atoms with Crippen molar-refractivity contribution in [3.63, 3.8) is 0 Å². The molecule has 80 heavy (non-hydrogen) atoms. The Kier molecular flexibility index (Phi) is 64.3. The monoisotopic (exact) mass is 1110 g/mol. The summed E-state index contributed by atoms with van der Waals surface area (Å²) in [4.78, 5) is 38.4. The second kappa shape index (κ2) is 67.6. The van der Waals surface area contributed by atoms with Crippen molar-refractivity contribution in [1.29, 1.82) is 0 Å². The Morgan fingerprint density at radius 2 is 0.487 bits per heavy atom. The third-order valence-corrected chi connectivity index (χ3v) is 14.5. The molecule has 0 saturated carbocycles. The van der Waals surface area contributed by atoms with Gasteiger partial charge >= 0.3 is 17.9 Å². The molecule has 0 aliphatic heterocycles. The number of carbonyl (C=O) groups excluding carboxylic acids is 3. The summed E-state index contributed by atoms with van der Waals surface area (Å²) in [6.45, 7) is 6.52. The molecule has 0 spiro atoms. The van der Waals surface area contributed by atoms with E-state index in [1.807, 2.05) is 0 Å². The Balaban J connectivity index is 4.41. The molecule has 0 amide bonds. The number of hydrogen-bond donors (Lipinski definition) is 0. The molecule has 6 nitrogen and oxygen atoms in total. The molecule has 0 aromatic heterocycles. The average Bonchev–Trinajstić information content (AvgIpc) is 3.46. The SMILES string of the molecule is CC/C=C\C/C=C\C/C=C\C/C=C\C/C=C\C/C=C\C/C=C\CCCCCC(=O)OCC(COC(=O)CCCCCCCCCCCCCCCC)OC(=O)CCCCCCCCCCCCC/C=C\C/C=C\CCCCCCC. The molecular formula is C74H126O6. The average molecular weight is 1110 g/mol. The second-order valence-electron chi connectivity index (χ2n) is 22.4. The number of ether oxygens (including phenoxy) is 3. The van der Waals surface area contributed by atoms with Crippen molar-refractivity contribution < 1.29 is 28.6 Å². The molecule has 0 heterocycles. The van der Waals surface area contributed by atoms with Crippen LogP contribution in [0.15, 0.2) is 109 Å². The van der Waals surface area contributed by atoms with Crippen molar-refractivity contribution in [1.82, 2.24) is 0 Å². The Morgan fingerprint density at radius 1 is 0.263 bits per heavy atom. The fourth-order valence-corrected chi connectivity index (χ4v) is 9.45. The predicted molar refractivity (Wildman–Crippen MR) is 348 cm³/mol. The standard InChI is InChI=1S/C74H126O6/c1-4-7-10-13-16-19-22-25-28-30-32-34-36-37-39-40-42-44-46-49-52-55-58-61-64-67-73(76)79-70-71(69-78-72(75)66-63-60-57-54-51-48-27-24-21-18-15-12-9-6-3)80-74(77)68-65-62-59-56-53-50-47-45-43-41-38-35-33-31-29-26-23-20-17-14-11-8-5-2/h7,10,16,19,23,25-26,28,31-34,37,39,42,44,49,52,71H,4-6,8-9,11-15,17-18,20-22,24,27,29-30,35-36,38,40-41,43,45-48,50-51,53-70H2,1-3H3/b10-7-,19-16-,26-23-,28-25-,33-31-,34-32-,39-37-,44-42-,52-49-. The smallest absolute Gasteiger partial charge is 0.306 e. The van der Waals surface area contributed by atoms with Gasteiger partial charge in [0.2, 0.25) is 0 Å². The Hall–Kier alpha value is -3.93. The summed E-state index contributed by atoms with van der Waals surface area (Å²) in [5.41, 5.74) is 0. The summed E-state index contributed by atoms with van der Waals surface area (Å²) in [7, 11) is 0. The van der Waals surface area contributed by atoms with Crippen LogP contribution in [0.3, 0.4) is 0 Å². The normalized spacial score (nSPS) is 12.8. The van der Waals surface area contributed by atoms with Gasteiger partial charge in [0.25, 0.3) is 0 Å². The van der Waals surface area contributed by atoms with Crippen molar-refractivity contribution in [3.8, 4) is 0 Å². The highest BCUT2D eigenvalue weighted by Gasteiger charge is 2.19. The lowest BCUT2D eigenvalue weighted by molar-refractivity contribution is -0.167. The van der Waals surface area contributed by atoms with Crippen molar-refractivity contribution >= 4 is 17.9 Å². The van der Waals surface area contributed by atoms with Crippen molar-refractivity contribution in [2.24, 2.45) is 0 Å². The highest BCUT2D eigenvalue weighted by molar-refractivity contribution is 5.71. The number of unbranched alkanes of at least 4 members (excludes halogenated alkanes) is 32. The second-order valence-corrected chi connectivity index (χ2v) is 22.4. The van der Waals surface area contributed by atoms with Crippen LogP contribution in [0, 0.1) is 0 Å². The van der Waals surface area contributed by atoms with Crippen molar-refractivity contribution in [3.05, 3.63) is 109 Å². The van der Waals surface area contributed by atoms with Gasteiger partial charge in [-0.05, 0) is 109 Å². The van der Waals surface area contributed by atoms with E-state index >= 15 is 0 Å². The van der Waals surface area contributed by atoms with Crippen LogP contribution in [0.1, 0.15) is 323 Å². The maximum absolute atomic E-state index is 12.9. The lowest BCUT2D eigenvalue weighted by atomic mass is 10.0. The zero-order valence-electron chi connectivity index (χ0n) is 52.6. The van der Waals surface area contributed by atoms with Gasteiger partial charge in [-0.3, -0.25) is 14.4 Å². The summed E-state index contributed by atoms with van der Waals surface area (Å²) in [6.07, 6.45) is 92.4. The zero-order chi connectivity index (χ0) is 57.8. The minimum Gasteiger partial charge on any atom is -0.462 e. The molecule has 0 fully saturated rings. The van der Waals surface area contributed by atoms with Crippen LogP contribution in [-0.4, -0.2) is 37.2 Å². The Morgan fingerprint density at radius 3 is 0.775 bits per heavy atom. The fraction of sp³-hybridized carbons (Fsp3) is 0.716. The van der Waals surface area contributed by atoms with E-state index in [-0.39, 0.29) is 31.1 Å². The van der Waals surface area contributed by atoms with Crippen LogP contribution in [-0.2, 0) is 28.6 Å². The van der Waals surface area contributed by atoms with E-state index in [1.54, 1.807) is 0 Å². The van der Waals surface area contributed by atoms with Gasteiger partial charge in [0, 0.05) is 19.3 Å². The van der Waals surface area contributed by atoms with Gasteiger partial charge in [-0.25, -0.2) is 0 Å².